The van der Waals surface area contributed by atoms with Crippen LogP contribution in [0.15, 0.2) is 42.6 Å². The lowest BCUT2D eigenvalue weighted by molar-refractivity contribution is 0.0938. The molecule has 0 atom stereocenters. The van der Waals surface area contributed by atoms with Crippen LogP contribution >= 0.6 is 0 Å². The number of carbonyl (C=O) groups is 2. The molecule has 0 spiro atoms. The Morgan fingerprint density at radius 3 is 2.56 bits per heavy atom. The Morgan fingerprint density at radius 2 is 1.85 bits per heavy atom. The minimum Gasteiger partial charge on any atom is -0.397 e. The normalized spacial score (nSPS) is 10.4. The fourth-order valence-electron chi connectivity index (χ4n) is 2.29. The number of benzene rings is 1. The van der Waals surface area contributed by atoms with Crippen LogP contribution in [0.1, 0.15) is 47.0 Å². The van der Waals surface area contributed by atoms with E-state index in [0.717, 1.165) is 25.9 Å². The molecule has 0 unspecified atom stereocenters. The van der Waals surface area contributed by atoms with Gasteiger partial charge in [0.1, 0.15) is 5.69 Å². The first kappa shape index (κ1) is 20.4. The highest BCUT2D eigenvalue weighted by Gasteiger charge is 2.11. The monoisotopic (exact) mass is 370 g/mol. The second-order valence-electron chi connectivity index (χ2n) is 6.05. The third-order valence-electron chi connectivity index (χ3n) is 3.86. The number of carbonyl (C=O) groups excluding carboxylic acids is 2. The van der Waals surface area contributed by atoms with E-state index in [0.29, 0.717) is 30.1 Å². The zero-order valence-corrected chi connectivity index (χ0v) is 15.5. The summed E-state index contributed by atoms with van der Waals surface area (Å²) in [5.74, 6) is -0.612. The van der Waals surface area contributed by atoms with Crippen molar-refractivity contribution in [2.24, 2.45) is 0 Å². The van der Waals surface area contributed by atoms with E-state index < -0.39 is 0 Å². The number of hydrogen-bond acceptors (Lipinski definition) is 5. The Balaban J connectivity index is 1.79. The first-order valence-corrected chi connectivity index (χ1v) is 9.09. The van der Waals surface area contributed by atoms with Crippen LogP contribution in [0.25, 0.3) is 0 Å². The number of aromatic nitrogens is 1. The molecule has 1 heterocycles. The van der Waals surface area contributed by atoms with Gasteiger partial charge in [-0.25, -0.2) is 0 Å². The number of hydrogen-bond donors (Lipinski definition) is 3. The van der Waals surface area contributed by atoms with E-state index in [1.807, 2.05) is 0 Å². The lowest BCUT2D eigenvalue weighted by atomic mass is 10.2. The van der Waals surface area contributed by atoms with Crippen molar-refractivity contribution in [3.63, 3.8) is 0 Å². The van der Waals surface area contributed by atoms with Crippen LogP contribution in [0.5, 0.6) is 0 Å². The van der Waals surface area contributed by atoms with E-state index in [4.69, 9.17) is 10.5 Å². The van der Waals surface area contributed by atoms with Crippen LogP contribution in [-0.4, -0.2) is 36.6 Å². The Bertz CT molecular complexity index is 747. The number of para-hydroxylation sites is 2. The third-order valence-corrected chi connectivity index (χ3v) is 3.86. The summed E-state index contributed by atoms with van der Waals surface area (Å²) >= 11 is 0. The summed E-state index contributed by atoms with van der Waals surface area (Å²) in [6.07, 6.45) is 4.30. The topological polar surface area (TPSA) is 106 Å². The van der Waals surface area contributed by atoms with Crippen LogP contribution in [0.2, 0.25) is 0 Å². The molecule has 2 aromatic rings. The molecule has 0 aliphatic carbocycles. The highest BCUT2D eigenvalue weighted by Crippen LogP contribution is 2.17. The summed E-state index contributed by atoms with van der Waals surface area (Å²) in [6, 6.07) is 10.1. The number of nitrogens with zero attached hydrogens (tertiary/aromatic N) is 1. The molecule has 7 nitrogen and oxygen atoms in total. The molecule has 2 rings (SSSR count). The number of rotatable bonds is 10. The predicted molar refractivity (Wildman–Crippen MR) is 106 cm³/mol. The fraction of sp³-hybridized carbons (Fsp3) is 0.350. The Kier molecular flexibility index (Phi) is 8.25. The quantitative estimate of drug-likeness (QED) is 0.440. The van der Waals surface area contributed by atoms with Crippen molar-refractivity contribution < 1.29 is 14.3 Å². The van der Waals surface area contributed by atoms with Gasteiger partial charge in [-0.1, -0.05) is 25.5 Å². The van der Waals surface area contributed by atoms with Crippen LogP contribution in [-0.2, 0) is 4.74 Å². The number of ether oxygens (including phenoxy) is 1. The van der Waals surface area contributed by atoms with Gasteiger partial charge in [-0.3, -0.25) is 14.6 Å². The Morgan fingerprint density at radius 1 is 1.07 bits per heavy atom. The van der Waals surface area contributed by atoms with Crippen LogP contribution in [0, 0.1) is 0 Å². The van der Waals surface area contributed by atoms with Crippen LogP contribution in [0.3, 0.4) is 0 Å². The number of pyridine rings is 1. The third kappa shape index (κ3) is 6.71. The molecule has 7 heteroatoms. The molecule has 144 valence electrons. The molecule has 2 amide bonds. The van der Waals surface area contributed by atoms with Gasteiger partial charge in [-0.2, -0.15) is 0 Å². The number of nitrogens with two attached hydrogens (primary N) is 1. The van der Waals surface area contributed by atoms with Gasteiger partial charge in [0, 0.05) is 26.0 Å². The maximum atomic E-state index is 12.2. The van der Waals surface area contributed by atoms with Crippen molar-refractivity contribution in [2.45, 2.75) is 26.2 Å². The van der Waals surface area contributed by atoms with Crippen molar-refractivity contribution in [2.75, 3.05) is 30.8 Å². The summed E-state index contributed by atoms with van der Waals surface area (Å²) in [6.45, 7) is 4.02. The van der Waals surface area contributed by atoms with Gasteiger partial charge in [0.25, 0.3) is 11.8 Å². The molecule has 0 fully saturated rings. The van der Waals surface area contributed by atoms with Gasteiger partial charge in [-0.05, 0) is 37.1 Å². The maximum Gasteiger partial charge on any atom is 0.274 e. The summed E-state index contributed by atoms with van der Waals surface area (Å²) < 4.78 is 5.44. The van der Waals surface area contributed by atoms with Crippen molar-refractivity contribution in [3.8, 4) is 0 Å². The molecule has 27 heavy (non-hydrogen) atoms. The molecular formula is C20H26N4O3. The lowest BCUT2D eigenvalue weighted by Crippen LogP contribution is -2.25. The first-order valence-electron chi connectivity index (χ1n) is 9.09. The van der Waals surface area contributed by atoms with Crippen LogP contribution in [0.4, 0.5) is 11.4 Å². The minimum atomic E-state index is -0.385. The average molecular weight is 370 g/mol. The standard InChI is InChI=1S/C20H26N4O3/c1-2-3-12-27-13-6-11-22-19(25)15-9-10-18(23-14-15)20(26)24-17-8-5-4-7-16(17)21/h4-5,7-10,14H,2-3,6,11-13,21H2,1H3,(H,22,25)(H,24,26). The van der Waals surface area contributed by atoms with Crippen molar-refractivity contribution in [1.82, 2.24) is 10.3 Å². The highest BCUT2D eigenvalue weighted by molar-refractivity contribution is 6.04. The molecule has 0 aliphatic heterocycles. The summed E-state index contributed by atoms with van der Waals surface area (Å²) in [5.41, 5.74) is 7.41. The first-order chi connectivity index (χ1) is 13.1. The molecule has 0 bridgehead atoms. The zero-order chi connectivity index (χ0) is 19.5. The van der Waals surface area contributed by atoms with Crippen molar-refractivity contribution in [3.05, 3.63) is 53.9 Å². The van der Waals surface area contributed by atoms with Gasteiger partial charge in [-0.15, -0.1) is 0 Å². The van der Waals surface area contributed by atoms with Gasteiger partial charge >= 0.3 is 0 Å². The maximum absolute atomic E-state index is 12.2. The second-order valence-corrected chi connectivity index (χ2v) is 6.05. The van der Waals surface area contributed by atoms with E-state index in [1.54, 1.807) is 30.3 Å². The molecular weight excluding hydrogens is 344 g/mol. The molecule has 0 saturated heterocycles. The van der Waals surface area contributed by atoms with Crippen molar-refractivity contribution in [1.29, 1.82) is 0 Å². The van der Waals surface area contributed by atoms with Gasteiger partial charge in [0.05, 0.1) is 16.9 Å². The highest BCUT2D eigenvalue weighted by atomic mass is 16.5. The number of amides is 2. The number of nitrogens with one attached hydrogen (secondary N) is 2. The predicted octanol–water partition coefficient (Wildman–Crippen LogP) is 2.85. The summed E-state index contributed by atoms with van der Waals surface area (Å²) in [4.78, 5) is 28.4. The Labute approximate surface area is 159 Å². The molecule has 4 N–H and O–H groups in total. The van der Waals surface area contributed by atoms with E-state index in [-0.39, 0.29) is 17.5 Å². The zero-order valence-electron chi connectivity index (χ0n) is 15.5. The minimum absolute atomic E-state index is 0.208. The lowest BCUT2D eigenvalue weighted by Gasteiger charge is -2.08. The van der Waals surface area contributed by atoms with E-state index >= 15 is 0 Å². The SMILES string of the molecule is CCCCOCCCNC(=O)c1ccc(C(=O)Nc2ccccc2N)nc1. The molecule has 0 aliphatic rings. The second kappa shape index (κ2) is 10.9. The largest absolute Gasteiger partial charge is 0.397 e. The fourth-order valence-corrected chi connectivity index (χ4v) is 2.29. The van der Waals surface area contributed by atoms with Gasteiger partial charge in [0.15, 0.2) is 0 Å². The molecule has 0 radical (unpaired) electrons. The van der Waals surface area contributed by atoms with E-state index in [2.05, 4.69) is 22.5 Å². The smallest absolute Gasteiger partial charge is 0.274 e. The average Bonchev–Trinajstić information content (AvgIpc) is 2.69. The molecule has 1 aromatic heterocycles. The van der Waals surface area contributed by atoms with Gasteiger partial charge < -0.3 is 21.1 Å². The number of unbranched alkanes of at least 4 members (excludes halogenated alkanes) is 1. The summed E-state index contributed by atoms with van der Waals surface area (Å²) in [7, 11) is 0. The van der Waals surface area contributed by atoms with E-state index in [9.17, 15) is 9.59 Å². The number of anilines is 2. The summed E-state index contributed by atoms with van der Waals surface area (Å²) in [5, 5.41) is 5.51. The Hall–Kier alpha value is -2.93. The van der Waals surface area contributed by atoms with E-state index in [1.165, 1.54) is 12.3 Å². The molecule has 1 aromatic carbocycles. The van der Waals surface area contributed by atoms with Crippen molar-refractivity contribution >= 4 is 23.2 Å². The number of nitrogen functional groups attached to an aromatic ring is 1. The molecule has 0 saturated carbocycles. The van der Waals surface area contributed by atoms with Gasteiger partial charge in [0.2, 0.25) is 0 Å². The van der Waals surface area contributed by atoms with Crippen LogP contribution < -0.4 is 16.4 Å².